The average Bonchev–Trinajstić information content (AvgIpc) is 4.29. The summed E-state index contributed by atoms with van der Waals surface area (Å²) in [7, 11) is 0. The molecule has 4 fully saturated rings. The summed E-state index contributed by atoms with van der Waals surface area (Å²) in [5.41, 5.74) is 4.42. The number of likely N-dealkylation sites (tertiary alicyclic amines) is 2. The van der Waals surface area contributed by atoms with E-state index in [0.717, 1.165) is 125 Å². The van der Waals surface area contributed by atoms with Crippen molar-refractivity contribution in [3.63, 3.8) is 0 Å². The Morgan fingerprint density at radius 1 is 0.890 bits per heavy atom. The van der Waals surface area contributed by atoms with Crippen molar-refractivity contribution in [2.45, 2.75) is 167 Å². The Balaban J connectivity index is 0.646. The van der Waals surface area contributed by atoms with Gasteiger partial charge in [0.1, 0.15) is 46.8 Å². The minimum atomic E-state index is -0.744. The van der Waals surface area contributed by atoms with Crippen molar-refractivity contribution < 1.29 is 33.0 Å². The molecule has 4 aliphatic rings. The van der Waals surface area contributed by atoms with Crippen molar-refractivity contribution >= 4 is 56.6 Å². The number of hydrogen-bond donors (Lipinski definition) is 4. The number of benzene rings is 3. The Morgan fingerprint density at radius 2 is 1.60 bits per heavy atom. The lowest BCUT2D eigenvalue weighted by atomic mass is 9.85. The standard InChI is InChI=1S/C64H78F2N10O5S/c1-7-48-51(65)26-23-43-33-46(77)34-49(54(43)48)56-55(66)57-50(35-67-56)60(75-36-44-24-25-45(37-75)70-44)73-63(72-57)81-47-27-31-74(32-28-47)29-15-13-11-9-8-10-12-14-18-53(78)71-59(64(4,5)6)62(80)76-30-16-17-52(76)61(79)69-39(2)41-19-21-42(22-20-41)58-40(3)68-38-82-58/h1,19-23,26,33-35,38-39,44-45,47,52,59,70,77H,8-18,24-25,27-32,36-37H2,2-6H3,(H,69,79)(H,71,78)/t39-,44?,45?,52-,59?/m0/s1. The predicted octanol–water partition coefficient (Wildman–Crippen LogP) is 10.9. The zero-order chi connectivity index (χ0) is 57.7. The van der Waals surface area contributed by atoms with E-state index in [4.69, 9.17) is 21.1 Å². The topological polar surface area (TPSA) is 178 Å². The summed E-state index contributed by atoms with van der Waals surface area (Å²) < 4.78 is 38.6. The number of piperazine rings is 1. The van der Waals surface area contributed by atoms with Gasteiger partial charge in [-0.2, -0.15) is 9.97 Å². The van der Waals surface area contributed by atoms with Gasteiger partial charge in [0.2, 0.25) is 17.7 Å². The number of amides is 3. The third-order valence-corrected chi connectivity index (χ3v) is 18.1. The molecule has 6 aromatic rings. The second kappa shape index (κ2) is 25.8. The molecule has 0 radical (unpaired) electrons. The number of fused-ring (bicyclic) bond motifs is 4. The third kappa shape index (κ3) is 13.3. The van der Waals surface area contributed by atoms with E-state index in [2.05, 4.69) is 53.8 Å². The number of piperidine rings is 1. The number of anilines is 1. The van der Waals surface area contributed by atoms with Crippen LogP contribution in [-0.2, 0) is 14.4 Å². The first-order chi connectivity index (χ1) is 39.5. The van der Waals surface area contributed by atoms with Crippen LogP contribution in [-0.4, -0.2) is 122 Å². The summed E-state index contributed by atoms with van der Waals surface area (Å²) in [6.45, 7) is 14.5. The molecule has 4 aliphatic heterocycles. The number of pyridine rings is 1. The number of rotatable bonds is 21. The summed E-state index contributed by atoms with van der Waals surface area (Å²) in [6.07, 6.45) is 20.9. The van der Waals surface area contributed by atoms with Gasteiger partial charge in [-0.25, -0.2) is 13.8 Å². The van der Waals surface area contributed by atoms with Crippen LogP contribution in [0, 0.1) is 36.3 Å². The van der Waals surface area contributed by atoms with Crippen LogP contribution in [0.4, 0.5) is 14.6 Å². The monoisotopic (exact) mass is 1140 g/mol. The van der Waals surface area contributed by atoms with Crippen LogP contribution in [0.15, 0.2) is 60.2 Å². The Hall–Kier alpha value is -6.81. The first-order valence-corrected chi connectivity index (χ1v) is 30.5. The summed E-state index contributed by atoms with van der Waals surface area (Å²) >= 11 is 1.61. The number of ether oxygens (including phenoxy) is 1. The van der Waals surface area contributed by atoms with Gasteiger partial charge in [-0.1, -0.05) is 95.5 Å². The van der Waals surface area contributed by atoms with E-state index >= 15 is 8.78 Å². The van der Waals surface area contributed by atoms with Crippen LogP contribution < -0.4 is 25.6 Å². The van der Waals surface area contributed by atoms with Gasteiger partial charge in [0.05, 0.1) is 33.1 Å². The quantitative estimate of drug-likeness (QED) is 0.0397. The first kappa shape index (κ1) is 58.4. The highest BCUT2D eigenvalue weighted by molar-refractivity contribution is 7.13. The van der Waals surface area contributed by atoms with Crippen LogP contribution in [0.1, 0.15) is 147 Å². The van der Waals surface area contributed by atoms with Crippen molar-refractivity contribution in [1.29, 1.82) is 0 Å². The van der Waals surface area contributed by atoms with E-state index < -0.39 is 29.1 Å². The van der Waals surface area contributed by atoms with E-state index in [-0.39, 0.29) is 69.4 Å². The molecule has 0 aliphatic carbocycles. The molecule has 82 heavy (non-hydrogen) atoms. The molecule has 0 saturated carbocycles. The SMILES string of the molecule is C#Cc1c(F)ccc2cc(O)cc(-c3ncc4c(N5CC6CCC(C5)N6)nc(OC5CCN(CCCCCCCCCCC(=O)NC(C(=O)N6CCC[C@H]6C(=O)N[C@@H](C)c6ccc(-c7scnc7C)cc6)C(C)(C)C)CC5)nc4c3F)c12. The van der Waals surface area contributed by atoms with Crippen LogP contribution in [0.2, 0.25) is 0 Å². The largest absolute Gasteiger partial charge is 0.508 e. The fourth-order valence-electron chi connectivity index (χ4n) is 12.6. The molecule has 4 N–H and O–H groups in total. The van der Waals surface area contributed by atoms with Gasteiger partial charge < -0.3 is 40.5 Å². The molecule has 3 amide bonds. The lowest BCUT2D eigenvalue weighted by Crippen LogP contribution is -2.57. The second-order valence-corrected chi connectivity index (χ2v) is 25.0. The summed E-state index contributed by atoms with van der Waals surface area (Å²) in [6, 6.07) is 12.8. The van der Waals surface area contributed by atoms with Crippen LogP contribution in [0.3, 0.4) is 0 Å². The number of unbranched alkanes of at least 4 members (excludes halogenated alkanes) is 7. The molecular weight excluding hydrogens is 1060 g/mol. The number of phenolic OH excluding ortho intramolecular Hbond substituents is 1. The lowest BCUT2D eigenvalue weighted by molar-refractivity contribution is -0.144. The molecule has 7 heterocycles. The molecule has 4 saturated heterocycles. The van der Waals surface area contributed by atoms with Crippen molar-refractivity contribution in [2.75, 3.05) is 44.2 Å². The van der Waals surface area contributed by atoms with Crippen LogP contribution in [0.5, 0.6) is 11.8 Å². The molecular formula is C64H78F2N10O5S. The van der Waals surface area contributed by atoms with Gasteiger partial charge in [0.25, 0.3) is 0 Å². The second-order valence-electron chi connectivity index (χ2n) is 24.1. The molecule has 3 aromatic heterocycles. The number of carbonyl (C=O) groups excluding carboxylic acids is 3. The summed E-state index contributed by atoms with van der Waals surface area (Å²) in [5, 5.41) is 21.7. The number of hydrogen-bond acceptors (Lipinski definition) is 13. The first-order valence-electron chi connectivity index (χ1n) is 29.6. The summed E-state index contributed by atoms with van der Waals surface area (Å²) in [5.74, 6) is 0.965. The molecule has 15 nitrogen and oxygen atoms in total. The average molecular weight is 1140 g/mol. The molecule has 18 heteroatoms. The Morgan fingerprint density at radius 3 is 2.28 bits per heavy atom. The maximum atomic E-state index is 17.1. The highest BCUT2D eigenvalue weighted by Crippen LogP contribution is 2.40. The minimum absolute atomic E-state index is 0.0364. The fourth-order valence-corrected chi connectivity index (χ4v) is 13.4. The molecule has 3 aromatic carbocycles. The Bertz CT molecular complexity index is 3310. The maximum absolute atomic E-state index is 17.1. The number of aryl methyl sites for hydroxylation is 1. The number of aromatic hydroxyl groups is 1. The number of nitrogens with zero attached hydrogens (tertiary/aromatic N) is 7. The molecule has 10 rings (SSSR count). The number of phenols is 1. The zero-order valence-corrected chi connectivity index (χ0v) is 48.9. The minimum Gasteiger partial charge on any atom is -0.508 e. The van der Waals surface area contributed by atoms with Crippen molar-refractivity contribution in [3.05, 3.63) is 88.7 Å². The highest BCUT2D eigenvalue weighted by Gasteiger charge is 2.42. The van der Waals surface area contributed by atoms with Crippen molar-refractivity contribution in [1.82, 2.24) is 45.7 Å². The van der Waals surface area contributed by atoms with Gasteiger partial charge in [0.15, 0.2) is 5.82 Å². The molecule has 2 bridgehead atoms. The maximum Gasteiger partial charge on any atom is 0.319 e. The van der Waals surface area contributed by atoms with E-state index in [0.29, 0.717) is 61.1 Å². The Labute approximate surface area is 484 Å². The van der Waals surface area contributed by atoms with Gasteiger partial charge in [-0.05, 0) is 112 Å². The van der Waals surface area contributed by atoms with Gasteiger partial charge in [-0.15, -0.1) is 17.8 Å². The molecule has 3 unspecified atom stereocenters. The van der Waals surface area contributed by atoms with E-state index in [1.807, 2.05) is 52.3 Å². The third-order valence-electron chi connectivity index (χ3n) is 17.1. The number of aromatic nitrogens is 4. The van der Waals surface area contributed by atoms with Crippen molar-refractivity contribution in [2.24, 2.45) is 5.41 Å². The Kier molecular flexibility index (Phi) is 18.3. The number of halogens is 2. The van der Waals surface area contributed by atoms with Gasteiger partial charge in [-0.3, -0.25) is 19.4 Å². The normalized spacial score (nSPS) is 19.4. The number of nitrogens with one attached hydrogen (secondary N) is 3. The van der Waals surface area contributed by atoms with Crippen molar-refractivity contribution in [3.8, 4) is 45.8 Å². The molecule has 0 spiro atoms. The molecule has 5 atom stereocenters. The lowest BCUT2D eigenvalue weighted by Gasteiger charge is -2.35. The van der Waals surface area contributed by atoms with E-state index in [9.17, 15) is 19.5 Å². The van der Waals surface area contributed by atoms with Crippen LogP contribution in [0.25, 0.3) is 43.4 Å². The fraction of sp³-hybridized carbons (Fsp3) is 0.516. The summed E-state index contributed by atoms with van der Waals surface area (Å²) in [4.78, 5) is 67.2. The predicted molar refractivity (Wildman–Crippen MR) is 319 cm³/mol. The smallest absolute Gasteiger partial charge is 0.319 e. The van der Waals surface area contributed by atoms with Gasteiger partial charge in [0, 0.05) is 68.4 Å². The molecule has 434 valence electrons. The van der Waals surface area contributed by atoms with Gasteiger partial charge >= 0.3 is 6.01 Å². The van der Waals surface area contributed by atoms with E-state index in [1.165, 1.54) is 24.3 Å². The number of terminal acetylenes is 1. The highest BCUT2D eigenvalue weighted by atomic mass is 32.1. The number of carbonyl (C=O) groups is 3. The van der Waals surface area contributed by atoms with E-state index in [1.54, 1.807) is 22.4 Å². The number of thiazole rings is 1. The zero-order valence-electron chi connectivity index (χ0n) is 48.0. The van der Waals surface area contributed by atoms with Crippen LogP contribution >= 0.6 is 11.3 Å².